The van der Waals surface area contributed by atoms with Gasteiger partial charge in [0.1, 0.15) is 5.75 Å². The molecular formula is C12H17NO3. The van der Waals surface area contributed by atoms with Gasteiger partial charge >= 0.3 is 0 Å². The van der Waals surface area contributed by atoms with Crippen molar-refractivity contribution in [2.75, 3.05) is 6.54 Å². The van der Waals surface area contributed by atoms with Crippen molar-refractivity contribution in [2.45, 2.75) is 25.9 Å². The molecule has 1 unspecified atom stereocenters. The van der Waals surface area contributed by atoms with Gasteiger partial charge in [0.25, 0.3) is 0 Å². The number of carbonyl (C=O) groups is 1. The van der Waals surface area contributed by atoms with E-state index in [1.165, 1.54) is 12.1 Å². The molecule has 0 radical (unpaired) electrons. The maximum atomic E-state index is 11.2. The molecule has 16 heavy (non-hydrogen) atoms. The Morgan fingerprint density at radius 2 is 2.00 bits per heavy atom. The standard InChI is InChI=1S/C12H17NO3/c1-2-3-12(16)13-8-11(15)9-4-6-10(14)7-5-9/h4-7,11,14-15H,2-3,8H2,1H3,(H,13,16). The molecule has 0 aliphatic rings. The largest absolute Gasteiger partial charge is 0.508 e. The Morgan fingerprint density at radius 3 is 2.56 bits per heavy atom. The average Bonchev–Trinajstić information content (AvgIpc) is 2.27. The monoisotopic (exact) mass is 223 g/mol. The summed E-state index contributed by atoms with van der Waals surface area (Å²) in [5.74, 6) is 0.103. The van der Waals surface area contributed by atoms with Crippen LogP contribution in [0.5, 0.6) is 5.75 Å². The zero-order valence-electron chi connectivity index (χ0n) is 9.31. The van der Waals surface area contributed by atoms with Gasteiger partial charge in [-0.2, -0.15) is 0 Å². The Hall–Kier alpha value is -1.55. The SMILES string of the molecule is CCCC(=O)NCC(O)c1ccc(O)cc1. The van der Waals surface area contributed by atoms with Gasteiger partial charge in [-0.15, -0.1) is 0 Å². The Bertz CT molecular complexity index is 335. The third-order valence-electron chi connectivity index (χ3n) is 2.25. The minimum atomic E-state index is -0.735. The molecule has 0 aliphatic heterocycles. The summed E-state index contributed by atoms with van der Waals surface area (Å²) in [7, 11) is 0. The summed E-state index contributed by atoms with van der Waals surface area (Å²) in [6, 6.07) is 6.27. The van der Waals surface area contributed by atoms with Gasteiger partial charge in [-0.25, -0.2) is 0 Å². The summed E-state index contributed by atoms with van der Waals surface area (Å²) in [5.41, 5.74) is 0.676. The van der Waals surface area contributed by atoms with E-state index in [0.717, 1.165) is 6.42 Å². The van der Waals surface area contributed by atoms with E-state index in [1.54, 1.807) is 12.1 Å². The van der Waals surface area contributed by atoms with Crippen LogP contribution in [-0.4, -0.2) is 22.7 Å². The van der Waals surface area contributed by atoms with Crippen LogP contribution in [0.25, 0.3) is 0 Å². The molecule has 0 aromatic heterocycles. The van der Waals surface area contributed by atoms with Crippen LogP contribution in [0.4, 0.5) is 0 Å². The van der Waals surface area contributed by atoms with E-state index in [9.17, 15) is 9.90 Å². The van der Waals surface area contributed by atoms with Gasteiger partial charge in [0, 0.05) is 13.0 Å². The number of aliphatic hydroxyl groups is 1. The number of nitrogens with one attached hydrogen (secondary N) is 1. The molecule has 88 valence electrons. The van der Waals surface area contributed by atoms with E-state index in [1.807, 2.05) is 6.92 Å². The average molecular weight is 223 g/mol. The molecule has 1 amide bonds. The van der Waals surface area contributed by atoms with Crippen molar-refractivity contribution >= 4 is 5.91 Å². The lowest BCUT2D eigenvalue weighted by molar-refractivity contribution is -0.121. The Morgan fingerprint density at radius 1 is 1.38 bits per heavy atom. The maximum absolute atomic E-state index is 11.2. The third-order valence-corrected chi connectivity index (χ3v) is 2.25. The van der Waals surface area contributed by atoms with Crippen LogP contribution in [-0.2, 0) is 4.79 Å². The van der Waals surface area contributed by atoms with Crippen molar-refractivity contribution in [3.05, 3.63) is 29.8 Å². The van der Waals surface area contributed by atoms with Crippen molar-refractivity contribution in [3.63, 3.8) is 0 Å². The first-order chi connectivity index (χ1) is 7.63. The quantitative estimate of drug-likeness (QED) is 0.705. The molecule has 4 nitrogen and oxygen atoms in total. The van der Waals surface area contributed by atoms with E-state index >= 15 is 0 Å². The fraction of sp³-hybridized carbons (Fsp3) is 0.417. The van der Waals surface area contributed by atoms with Gasteiger partial charge in [-0.1, -0.05) is 19.1 Å². The predicted octanol–water partition coefficient (Wildman–Crippen LogP) is 1.34. The molecule has 1 atom stereocenters. The first kappa shape index (κ1) is 12.5. The Labute approximate surface area is 94.9 Å². The highest BCUT2D eigenvalue weighted by Gasteiger charge is 2.08. The van der Waals surface area contributed by atoms with Gasteiger partial charge in [0.05, 0.1) is 6.10 Å². The lowest BCUT2D eigenvalue weighted by atomic mass is 10.1. The zero-order chi connectivity index (χ0) is 12.0. The molecule has 0 heterocycles. The number of hydrogen-bond acceptors (Lipinski definition) is 3. The molecule has 0 aliphatic carbocycles. The van der Waals surface area contributed by atoms with E-state index in [0.29, 0.717) is 12.0 Å². The molecule has 0 saturated heterocycles. The number of benzene rings is 1. The summed E-state index contributed by atoms with van der Waals surface area (Å²) in [6.07, 6.45) is 0.532. The number of amides is 1. The van der Waals surface area contributed by atoms with Crippen LogP contribution in [0.3, 0.4) is 0 Å². The second kappa shape index (κ2) is 6.12. The number of phenols is 1. The number of carbonyl (C=O) groups excluding carboxylic acids is 1. The molecule has 0 saturated carbocycles. The number of phenolic OH excluding ortho intramolecular Hbond substituents is 1. The fourth-order valence-electron chi connectivity index (χ4n) is 1.34. The summed E-state index contributed by atoms with van der Waals surface area (Å²) in [6.45, 7) is 2.12. The van der Waals surface area contributed by atoms with Crippen LogP contribution in [0, 0.1) is 0 Å². The van der Waals surface area contributed by atoms with E-state index < -0.39 is 6.10 Å². The number of hydrogen-bond donors (Lipinski definition) is 3. The fourth-order valence-corrected chi connectivity index (χ4v) is 1.34. The molecule has 1 rings (SSSR count). The normalized spacial score (nSPS) is 12.1. The van der Waals surface area contributed by atoms with Crippen molar-refractivity contribution in [2.24, 2.45) is 0 Å². The molecule has 0 spiro atoms. The Balaban J connectivity index is 2.43. The summed E-state index contributed by atoms with van der Waals surface area (Å²) < 4.78 is 0. The Kier molecular flexibility index (Phi) is 4.79. The van der Waals surface area contributed by atoms with Crippen LogP contribution in [0.2, 0.25) is 0 Å². The lowest BCUT2D eigenvalue weighted by Gasteiger charge is -2.12. The predicted molar refractivity (Wildman–Crippen MR) is 61.0 cm³/mol. The third kappa shape index (κ3) is 3.90. The summed E-state index contributed by atoms with van der Waals surface area (Å²) in [4.78, 5) is 11.2. The molecule has 1 aromatic carbocycles. The van der Waals surface area contributed by atoms with Crippen LogP contribution >= 0.6 is 0 Å². The van der Waals surface area contributed by atoms with Gasteiger partial charge in [0.15, 0.2) is 0 Å². The van der Waals surface area contributed by atoms with Gasteiger partial charge in [0.2, 0.25) is 5.91 Å². The molecule has 0 fully saturated rings. The van der Waals surface area contributed by atoms with Crippen LogP contribution in [0.15, 0.2) is 24.3 Å². The molecule has 1 aromatic rings. The highest BCUT2D eigenvalue weighted by atomic mass is 16.3. The van der Waals surface area contributed by atoms with Crippen LogP contribution in [0.1, 0.15) is 31.4 Å². The summed E-state index contributed by atoms with van der Waals surface area (Å²) >= 11 is 0. The second-order valence-corrected chi connectivity index (χ2v) is 3.66. The van der Waals surface area contributed by atoms with E-state index in [2.05, 4.69) is 5.32 Å². The minimum Gasteiger partial charge on any atom is -0.508 e. The first-order valence-corrected chi connectivity index (χ1v) is 5.37. The van der Waals surface area contributed by atoms with Crippen molar-refractivity contribution in [1.29, 1.82) is 0 Å². The van der Waals surface area contributed by atoms with Crippen LogP contribution < -0.4 is 5.32 Å². The summed E-state index contributed by atoms with van der Waals surface area (Å²) in [5, 5.41) is 21.5. The number of rotatable bonds is 5. The van der Waals surface area contributed by atoms with Crippen molar-refractivity contribution in [3.8, 4) is 5.75 Å². The van der Waals surface area contributed by atoms with Gasteiger partial charge in [-0.3, -0.25) is 4.79 Å². The molecule has 0 bridgehead atoms. The second-order valence-electron chi connectivity index (χ2n) is 3.66. The van der Waals surface area contributed by atoms with Crippen molar-refractivity contribution < 1.29 is 15.0 Å². The van der Waals surface area contributed by atoms with Crippen molar-refractivity contribution in [1.82, 2.24) is 5.32 Å². The lowest BCUT2D eigenvalue weighted by Crippen LogP contribution is -2.27. The molecule has 3 N–H and O–H groups in total. The maximum Gasteiger partial charge on any atom is 0.220 e. The highest BCUT2D eigenvalue weighted by molar-refractivity contribution is 5.75. The van der Waals surface area contributed by atoms with Gasteiger partial charge < -0.3 is 15.5 Å². The zero-order valence-corrected chi connectivity index (χ0v) is 9.31. The smallest absolute Gasteiger partial charge is 0.220 e. The highest BCUT2D eigenvalue weighted by Crippen LogP contribution is 2.15. The first-order valence-electron chi connectivity index (χ1n) is 5.37. The molecule has 4 heteroatoms. The van der Waals surface area contributed by atoms with E-state index in [4.69, 9.17) is 5.11 Å². The molecular weight excluding hydrogens is 206 g/mol. The number of aromatic hydroxyl groups is 1. The van der Waals surface area contributed by atoms with E-state index in [-0.39, 0.29) is 18.2 Å². The van der Waals surface area contributed by atoms with Gasteiger partial charge in [-0.05, 0) is 24.1 Å². The minimum absolute atomic E-state index is 0.0553. The number of aliphatic hydroxyl groups excluding tert-OH is 1. The topological polar surface area (TPSA) is 69.6 Å².